The minimum Gasteiger partial charge on any atom is -0.497 e. The number of nitriles is 1. The van der Waals surface area contributed by atoms with Crippen LogP contribution in [-0.2, 0) is 4.79 Å². The van der Waals surface area contributed by atoms with Gasteiger partial charge in [0.05, 0.1) is 30.6 Å². The van der Waals surface area contributed by atoms with Crippen molar-refractivity contribution in [2.24, 2.45) is 11.8 Å². The van der Waals surface area contributed by atoms with Crippen LogP contribution in [0.3, 0.4) is 0 Å². The van der Waals surface area contributed by atoms with Gasteiger partial charge in [-0.1, -0.05) is 0 Å². The largest absolute Gasteiger partial charge is 0.497 e. The van der Waals surface area contributed by atoms with E-state index in [0.29, 0.717) is 66.0 Å². The summed E-state index contributed by atoms with van der Waals surface area (Å²) in [6, 6.07) is 16.3. The van der Waals surface area contributed by atoms with E-state index in [2.05, 4.69) is 21.0 Å². The van der Waals surface area contributed by atoms with E-state index >= 15 is 0 Å². The van der Waals surface area contributed by atoms with E-state index in [4.69, 9.17) is 14.5 Å². The minimum absolute atomic E-state index is 0.0697. The summed E-state index contributed by atoms with van der Waals surface area (Å²) in [6.07, 6.45) is 8.74. The molecule has 4 fully saturated rings. The molecule has 2 bridgehead atoms. The molecule has 4 saturated heterocycles. The molecular formula is C36H37N7O4. The zero-order chi connectivity index (χ0) is 32.1. The first kappa shape index (κ1) is 29.5. The number of likely N-dealkylation sites (tertiary alicyclic amines) is 1. The number of methoxy groups -OCH3 is 1. The number of hydrogen-bond acceptors (Lipinski definition) is 9. The van der Waals surface area contributed by atoms with Crippen LogP contribution in [0.5, 0.6) is 11.5 Å². The summed E-state index contributed by atoms with van der Waals surface area (Å²) in [5.74, 6) is 3.57. The number of aromatic nitrogens is 3. The third-order valence-corrected chi connectivity index (χ3v) is 10.5. The van der Waals surface area contributed by atoms with Crippen LogP contribution < -0.4 is 14.4 Å². The molecule has 4 unspecified atom stereocenters. The van der Waals surface area contributed by atoms with Gasteiger partial charge in [0.1, 0.15) is 35.8 Å². The van der Waals surface area contributed by atoms with E-state index < -0.39 is 0 Å². The van der Waals surface area contributed by atoms with Crippen molar-refractivity contribution < 1.29 is 19.1 Å². The van der Waals surface area contributed by atoms with Gasteiger partial charge in [-0.15, -0.1) is 0 Å². The van der Waals surface area contributed by atoms with E-state index in [0.717, 1.165) is 73.8 Å². The second kappa shape index (κ2) is 12.0. The minimum atomic E-state index is 0.0697. The number of rotatable bonds is 8. The topological polar surface area (TPSA) is 116 Å². The molecule has 4 aliphatic heterocycles. The maximum absolute atomic E-state index is 13.1. The smallest absolute Gasteiger partial charge is 0.253 e. The molecule has 240 valence electrons. The van der Waals surface area contributed by atoms with Gasteiger partial charge in [0.25, 0.3) is 5.91 Å². The second-order valence-electron chi connectivity index (χ2n) is 13.2. The van der Waals surface area contributed by atoms with E-state index in [-0.39, 0.29) is 5.91 Å². The molecule has 11 heteroatoms. The fourth-order valence-corrected chi connectivity index (χ4v) is 8.17. The third-order valence-electron chi connectivity index (χ3n) is 10.5. The van der Waals surface area contributed by atoms with Crippen molar-refractivity contribution in [2.75, 3.05) is 51.3 Å². The number of carbonyl (C=O) groups is 2. The Kier molecular flexibility index (Phi) is 7.52. The Bertz CT molecular complexity index is 1840. The number of amides is 1. The van der Waals surface area contributed by atoms with Gasteiger partial charge in [-0.2, -0.15) is 10.4 Å². The molecule has 0 radical (unpaired) electrons. The molecule has 1 amide bonds. The van der Waals surface area contributed by atoms with Gasteiger partial charge in [-0.3, -0.25) is 14.5 Å². The fraction of sp³-hybridized carbons (Fsp3) is 0.417. The van der Waals surface area contributed by atoms with Crippen molar-refractivity contribution in [3.8, 4) is 28.7 Å². The number of Topliss-reactive ketones (excluding diaryl/α,β-unsaturated/α-hetero) is 1. The number of hydrogen-bond donors (Lipinski definition) is 0. The highest BCUT2D eigenvalue weighted by molar-refractivity contribution is 5.94. The summed E-state index contributed by atoms with van der Waals surface area (Å²) in [5, 5.41) is 14.3. The number of fused-ring (bicyclic) bond motifs is 4. The van der Waals surface area contributed by atoms with Crippen molar-refractivity contribution in [3.05, 3.63) is 72.2 Å². The average molecular weight is 632 g/mol. The number of anilines is 1. The average Bonchev–Trinajstić information content (AvgIpc) is 3.85. The van der Waals surface area contributed by atoms with Gasteiger partial charge in [0.15, 0.2) is 0 Å². The second-order valence-corrected chi connectivity index (χ2v) is 13.2. The number of nitrogens with zero attached hydrogens (tertiary/aromatic N) is 7. The first-order valence-electron chi connectivity index (χ1n) is 16.4. The highest BCUT2D eigenvalue weighted by Crippen LogP contribution is 2.37. The van der Waals surface area contributed by atoms with E-state index in [1.54, 1.807) is 17.8 Å². The van der Waals surface area contributed by atoms with Gasteiger partial charge >= 0.3 is 0 Å². The van der Waals surface area contributed by atoms with Crippen molar-refractivity contribution in [2.45, 2.75) is 37.8 Å². The lowest BCUT2D eigenvalue weighted by molar-refractivity contribution is -0.123. The number of ether oxygens (including phenoxy) is 2. The molecule has 11 nitrogen and oxygen atoms in total. The lowest BCUT2D eigenvalue weighted by atomic mass is 10.0. The Labute approximate surface area is 273 Å². The number of carbonyl (C=O) groups excluding carboxylic acids is 2. The van der Waals surface area contributed by atoms with Crippen LogP contribution in [0, 0.1) is 23.2 Å². The lowest BCUT2D eigenvalue weighted by Gasteiger charge is -2.33. The fourth-order valence-electron chi connectivity index (χ4n) is 8.17. The summed E-state index contributed by atoms with van der Waals surface area (Å²) >= 11 is 0. The molecule has 4 atom stereocenters. The first-order valence-corrected chi connectivity index (χ1v) is 16.4. The quantitative estimate of drug-likeness (QED) is 0.284. The molecule has 0 saturated carbocycles. The number of ketones is 1. The number of benzene rings is 1. The molecule has 3 aromatic heterocycles. The molecule has 8 rings (SSSR count). The predicted molar refractivity (Wildman–Crippen MR) is 174 cm³/mol. The highest BCUT2D eigenvalue weighted by Gasteiger charge is 2.42. The summed E-state index contributed by atoms with van der Waals surface area (Å²) in [7, 11) is 1.62. The maximum Gasteiger partial charge on any atom is 0.253 e. The van der Waals surface area contributed by atoms with Crippen LogP contribution in [-0.4, -0.2) is 94.6 Å². The summed E-state index contributed by atoms with van der Waals surface area (Å²) in [6.45, 7) is 4.47. The molecule has 4 aromatic rings. The Morgan fingerprint density at radius 3 is 2.38 bits per heavy atom. The van der Waals surface area contributed by atoms with Crippen molar-refractivity contribution >= 4 is 23.0 Å². The highest BCUT2D eigenvalue weighted by atomic mass is 16.5. The zero-order valence-corrected chi connectivity index (χ0v) is 26.4. The lowest BCUT2D eigenvalue weighted by Crippen LogP contribution is -2.44. The Morgan fingerprint density at radius 2 is 1.72 bits per heavy atom. The molecule has 47 heavy (non-hydrogen) atoms. The molecule has 0 aliphatic carbocycles. The third kappa shape index (κ3) is 5.46. The summed E-state index contributed by atoms with van der Waals surface area (Å²) < 4.78 is 13.2. The van der Waals surface area contributed by atoms with Crippen LogP contribution in [0.2, 0.25) is 0 Å². The van der Waals surface area contributed by atoms with Crippen molar-refractivity contribution in [3.63, 3.8) is 0 Å². The zero-order valence-electron chi connectivity index (χ0n) is 26.4. The summed E-state index contributed by atoms with van der Waals surface area (Å²) in [5.41, 5.74) is 3.62. The molecule has 0 spiro atoms. The maximum atomic E-state index is 13.1. The monoisotopic (exact) mass is 631 g/mol. The van der Waals surface area contributed by atoms with Crippen LogP contribution >= 0.6 is 0 Å². The Morgan fingerprint density at radius 1 is 0.979 bits per heavy atom. The number of pyridine rings is 2. The van der Waals surface area contributed by atoms with E-state index in [9.17, 15) is 14.9 Å². The van der Waals surface area contributed by atoms with Crippen LogP contribution in [0.1, 0.15) is 41.6 Å². The van der Waals surface area contributed by atoms with Crippen molar-refractivity contribution in [1.29, 1.82) is 5.26 Å². The van der Waals surface area contributed by atoms with E-state index in [1.165, 1.54) is 0 Å². The molecular weight excluding hydrogens is 594 g/mol. The first-order chi connectivity index (χ1) is 23.0. The van der Waals surface area contributed by atoms with Crippen LogP contribution in [0.4, 0.5) is 5.82 Å². The van der Waals surface area contributed by atoms with Gasteiger partial charge in [-0.25, -0.2) is 9.50 Å². The standard InChI is InChI=1S/C36H37N7O4/c1-46-31-7-2-23(3-8-31)36(45)41-20-26-18-40(19-27(26)21-41)34-9-4-24(16-38-34)33-14-32(22-43-35(33)25(15-37)17-39-43)47-11-10-42-28-5-6-29(42)13-30(44)12-28/h2-4,7-9,14,16-17,22,26-29H,5-6,10-13,18-21H2,1H3. The van der Waals surface area contributed by atoms with Crippen LogP contribution in [0.25, 0.3) is 16.6 Å². The van der Waals surface area contributed by atoms with E-state index in [1.807, 2.05) is 59.8 Å². The van der Waals surface area contributed by atoms with Crippen molar-refractivity contribution in [1.82, 2.24) is 24.4 Å². The Balaban J connectivity index is 0.945. The van der Waals surface area contributed by atoms with Gasteiger partial charge in [0.2, 0.25) is 0 Å². The Hall–Kier alpha value is -4.95. The number of piperidine rings is 1. The normalized spacial score (nSPS) is 23.7. The molecule has 1 aromatic carbocycles. The SMILES string of the molecule is COc1ccc(C(=O)N2CC3CN(c4ccc(-c5cc(OCCN6C7CCC6CC(=O)C7)cn6ncc(C#N)c56)cn4)CC3C2)cc1. The summed E-state index contributed by atoms with van der Waals surface area (Å²) in [4.78, 5) is 36.7. The van der Waals surface area contributed by atoms with Gasteiger partial charge in [0, 0.05) is 92.4 Å². The van der Waals surface area contributed by atoms with Gasteiger partial charge in [-0.05, 0) is 55.3 Å². The molecule has 7 heterocycles. The molecule has 4 aliphatic rings. The molecule has 0 N–H and O–H groups in total. The van der Waals surface area contributed by atoms with Gasteiger partial charge < -0.3 is 19.3 Å². The van der Waals surface area contributed by atoms with Crippen LogP contribution in [0.15, 0.2) is 61.1 Å². The predicted octanol–water partition coefficient (Wildman–Crippen LogP) is 4.06.